The number of anilines is 1. The van der Waals surface area contributed by atoms with Crippen LogP contribution in [0.2, 0.25) is 0 Å². The Balaban J connectivity index is 1.51. The third-order valence-corrected chi connectivity index (χ3v) is 9.05. The molecule has 204 valence electrons. The standard InChI is InChI=1S/C25H33N7O4S2/c1-4-36-23-16-26-14-21(29-23)22-15-28-25(37-22)24(33)30-19(10-12-32(2)3)20-13-17(9-11-27-20)31-38(34,35)18-7-5-6-8-18/h9,11,13-16,18-19H,4-8,10,12H2,1-3H3,(H,27,31)(H,30,33). The monoisotopic (exact) mass is 559 g/mol. The molecule has 0 radical (unpaired) electrons. The lowest BCUT2D eigenvalue weighted by Crippen LogP contribution is -2.31. The van der Waals surface area contributed by atoms with E-state index >= 15 is 0 Å². The van der Waals surface area contributed by atoms with E-state index in [2.05, 4.69) is 30.0 Å². The molecule has 0 spiro atoms. The molecule has 1 aliphatic carbocycles. The van der Waals surface area contributed by atoms with Gasteiger partial charge in [-0.05, 0) is 59.0 Å². The lowest BCUT2D eigenvalue weighted by molar-refractivity contribution is 0.0931. The second-order valence-corrected chi connectivity index (χ2v) is 12.3. The third-order valence-electron chi connectivity index (χ3n) is 6.17. The van der Waals surface area contributed by atoms with Crippen LogP contribution in [0.5, 0.6) is 5.88 Å². The lowest BCUT2D eigenvalue weighted by atomic mass is 10.1. The van der Waals surface area contributed by atoms with E-state index in [-0.39, 0.29) is 16.2 Å². The number of thiazole rings is 1. The Morgan fingerprint density at radius 3 is 2.74 bits per heavy atom. The number of rotatable bonds is 12. The molecular formula is C25H33N7O4S2. The number of hydrogen-bond donors (Lipinski definition) is 2. The van der Waals surface area contributed by atoms with Crippen molar-refractivity contribution in [1.82, 2.24) is 30.2 Å². The number of ether oxygens (including phenoxy) is 1. The minimum Gasteiger partial charge on any atom is -0.477 e. The van der Waals surface area contributed by atoms with Crippen LogP contribution in [0.3, 0.4) is 0 Å². The maximum atomic E-state index is 13.2. The number of pyridine rings is 1. The topological polar surface area (TPSA) is 139 Å². The van der Waals surface area contributed by atoms with Gasteiger partial charge in [0, 0.05) is 12.4 Å². The van der Waals surface area contributed by atoms with Crippen molar-refractivity contribution in [3.63, 3.8) is 0 Å². The Hall–Kier alpha value is -3.16. The van der Waals surface area contributed by atoms with Gasteiger partial charge in [-0.15, -0.1) is 11.3 Å². The molecule has 0 bridgehead atoms. The van der Waals surface area contributed by atoms with Crippen molar-refractivity contribution in [3.05, 3.63) is 47.6 Å². The van der Waals surface area contributed by atoms with E-state index in [1.165, 1.54) is 17.5 Å². The number of aromatic nitrogens is 4. The fourth-order valence-electron chi connectivity index (χ4n) is 4.23. The molecule has 3 heterocycles. The van der Waals surface area contributed by atoms with Crippen molar-refractivity contribution in [1.29, 1.82) is 0 Å². The SMILES string of the molecule is CCOc1cncc(-c2cnc(C(=O)NC(CCN(C)C)c3cc(NS(=O)(=O)C4CCCC4)ccn3)s2)n1. The number of amides is 1. The first kappa shape index (κ1) is 27.9. The first-order valence-corrected chi connectivity index (χ1v) is 15.0. The van der Waals surface area contributed by atoms with E-state index in [0.29, 0.717) is 60.2 Å². The average Bonchev–Trinajstić information content (AvgIpc) is 3.60. The maximum absolute atomic E-state index is 13.2. The van der Waals surface area contributed by atoms with Gasteiger partial charge in [0.05, 0.1) is 46.6 Å². The molecule has 1 saturated carbocycles. The highest BCUT2D eigenvalue weighted by Gasteiger charge is 2.29. The molecule has 11 nitrogen and oxygen atoms in total. The molecule has 0 aromatic carbocycles. The van der Waals surface area contributed by atoms with Gasteiger partial charge in [-0.3, -0.25) is 19.5 Å². The summed E-state index contributed by atoms with van der Waals surface area (Å²) >= 11 is 1.20. The molecule has 1 unspecified atom stereocenters. The summed E-state index contributed by atoms with van der Waals surface area (Å²) in [6.45, 7) is 3.03. The highest BCUT2D eigenvalue weighted by Crippen LogP contribution is 2.28. The minimum absolute atomic E-state index is 0.275. The van der Waals surface area contributed by atoms with Gasteiger partial charge < -0.3 is 15.0 Å². The van der Waals surface area contributed by atoms with Crippen LogP contribution >= 0.6 is 11.3 Å². The molecular weight excluding hydrogens is 526 g/mol. The summed E-state index contributed by atoms with van der Waals surface area (Å²) in [6, 6.07) is 2.87. The summed E-state index contributed by atoms with van der Waals surface area (Å²) in [7, 11) is 0.415. The van der Waals surface area contributed by atoms with Gasteiger partial charge in [-0.25, -0.2) is 18.4 Å². The molecule has 3 aromatic rings. The minimum atomic E-state index is -3.48. The second-order valence-electron chi connectivity index (χ2n) is 9.35. The first-order chi connectivity index (χ1) is 18.2. The Kier molecular flexibility index (Phi) is 9.23. The largest absolute Gasteiger partial charge is 0.477 e. The highest BCUT2D eigenvalue weighted by atomic mass is 32.2. The number of carbonyl (C=O) groups excluding carboxylic acids is 1. The zero-order valence-electron chi connectivity index (χ0n) is 21.8. The summed E-state index contributed by atoms with van der Waals surface area (Å²) in [5.74, 6) is 0.0559. The predicted molar refractivity (Wildman–Crippen MR) is 147 cm³/mol. The van der Waals surface area contributed by atoms with Crippen molar-refractivity contribution < 1.29 is 17.9 Å². The molecule has 1 atom stereocenters. The van der Waals surface area contributed by atoms with Gasteiger partial charge in [0.15, 0.2) is 5.01 Å². The molecule has 3 aromatic heterocycles. The molecule has 1 aliphatic rings. The number of sulfonamides is 1. The lowest BCUT2D eigenvalue weighted by Gasteiger charge is -2.21. The fourth-order valence-corrected chi connectivity index (χ4v) is 6.58. The van der Waals surface area contributed by atoms with Crippen molar-refractivity contribution in [2.24, 2.45) is 0 Å². The Labute approximate surface area is 227 Å². The fraction of sp³-hybridized carbons (Fsp3) is 0.480. The summed E-state index contributed by atoms with van der Waals surface area (Å²) < 4.78 is 33.7. The van der Waals surface area contributed by atoms with Gasteiger partial charge in [0.1, 0.15) is 5.69 Å². The van der Waals surface area contributed by atoms with E-state index < -0.39 is 16.1 Å². The van der Waals surface area contributed by atoms with Crippen molar-refractivity contribution in [3.8, 4) is 16.5 Å². The third kappa shape index (κ3) is 7.23. The van der Waals surface area contributed by atoms with Crippen LogP contribution in [0, 0.1) is 0 Å². The summed E-state index contributed by atoms with van der Waals surface area (Å²) in [4.78, 5) is 33.2. The van der Waals surface area contributed by atoms with Crippen LogP contribution in [-0.2, 0) is 10.0 Å². The van der Waals surface area contributed by atoms with Gasteiger partial charge in [-0.1, -0.05) is 12.8 Å². The summed E-state index contributed by atoms with van der Waals surface area (Å²) in [6.07, 6.45) is 10.0. The smallest absolute Gasteiger partial charge is 0.280 e. The number of nitrogens with zero attached hydrogens (tertiary/aromatic N) is 5. The Morgan fingerprint density at radius 2 is 2.00 bits per heavy atom. The van der Waals surface area contributed by atoms with E-state index in [1.807, 2.05) is 25.9 Å². The van der Waals surface area contributed by atoms with Crippen LogP contribution in [0.15, 0.2) is 36.9 Å². The van der Waals surface area contributed by atoms with Crippen molar-refractivity contribution in [2.75, 3.05) is 32.0 Å². The number of hydrogen-bond acceptors (Lipinski definition) is 10. The zero-order chi connectivity index (χ0) is 27.1. The maximum Gasteiger partial charge on any atom is 0.280 e. The molecule has 0 aliphatic heterocycles. The Bertz CT molecular complexity index is 1340. The number of nitrogens with one attached hydrogen (secondary N) is 2. The van der Waals surface area contributed by atoms with E-state index in [4.69, 9.17) is 4.74 Å². The van der Waals surface area contributed by atoms with Gasteiger partial charge in [-0.2, -0.15) is 0 Å². The van der Waals surface area contributed by atoms with Crippen molar-refractivity contribution in [2.45, 2.75) is 50.3 Å². The molecule has 2 N–H and O–H groups in total. The molecule has 1 fully saturated rings. The first-order valence-electron chi connectivity index (χ1n) is 12.6. The molecule has 1 amide bonds. The van der Waals surface area contributed by atoms with Crippen LogP contribution in [0.1, 0.15) is 60.6 Å². The second kappa shape index (κ2) is 12.6. The van der Waals surface area contributed by atoms with Gasteiger partial charge in [0.2, 0.25) is 15.9 Å². The molecule has 13 heteroatoms. The predicted octanol–water partition coefficient (Wildman–Crippen LogP) is 3.50. The van der Waals surface area contributed by atoms with Crippen molar-refractivity contribution >= 4 is 33.0 Å². The number of carbonyl (C=O) groups is 1. The van der Waals surface area contributed by atoms with Crippen LogP contribution < -0.4 is 14.8 Å². The van der Waals surface area contributed by atoms with Gasteiger partial charge in [0.25, 0.3) is 5.91 Å². The Morgan fingerprint density at radius 1 is 1.21 bits per heavy atom. The molecule has 38 heavy (non-hydrogen) atoms. The molecule has 4 rings (SSSR count). The van der Waals surface area contributed by atoms with Gasteiger partial charge >= 0.3 is 0 Å². The normalized spacial score (nSPS) is 14.9. The average molecular weight is 560 g/mol. The quantitative estimate of drug-likeness (QED) is 0.341. The van der Waals surface area contributed by atoms with E-state index in [0.717, 1.165) is 12.8 Å². The highest BCUT2D eigenvalue weighted by molar-refractivity contribution is 7.93. The van der Waals surface area contributed by atoms with E-state index in [9.17, 15) is 13.2 Å². The summed E-state index contributed by atoms with van der Waals surface area (Å²) in [5, 5.41) is 2.93. The van der Waals surface area contributed by atoms with E-state index in [1.54, 1.807) is 30.7 Å². The van der Waals surface area contributed by atoms with Crippen LogP contribution in [-0.4, -0.2) is 71.7 Å². The van der Waals surface area contributed by atoms with Crippen LogP contribution in [0.4, 0.5) is 5.69 Å². The van der Waals surface area contributed by atoms with Crippen LogP contribution in [0.25, 0.3) is 10.6 Å². The molecule has 0 saturated heterocycles. The summed E-state index contributed by atoms with van der Waals surface area (Å²) in [5.41, 5.74) is 1.58. The zero-order valence-corrected chi connectivity index (χ0v) is 23.4.